The molecule has 0 unspecified atom stereocenters. The van der Waals surface area contributed by atoms with E-state index in [0.29, 0.717) is 62.1 Å². The Bertz CT molecular complexity index is 1330. The molecule has 2 fully saturated rings. The lowest BCUT2D eigenvalue weighted by molar-refractivity contribution is -0.132. The molecule has 2 aliphatic heterocycles. The maximum atomic E-state index is 13.4. The summed E-state index contributed by atoms with van der Waals surface area (Å²) in [6.07, 6.45) is 9.37. The molecular formula is C40H58N4O6. The SMILES string of the molecule is CC(C)CCCCOc1ccc([C@@]2(C)NC(=O)N(CCCCCCN3C(=O)N[C@@](C)(c4ccc(OCCCCC(C)C)cc4)C3=O)C2=O)cc1. The summed E-state index contributed by atoms with van der Waals surface area (Å²) < 4.78 is 11.7. The minimum atomic E-state index is -1.14. The zero-order valence-electron chi connectivity index (χ0n) is 31.0. The molecule has 2 heterocycles. The third-order valence-corrected chi connectivity index (χ3v) is 9.82. The van der Waals surface area contributed by atoms with Gasteiger partial charge < -0.3 is 20.1 Å². The average Bonchev–Trinajstić information content (AvgIpc) is 3.44. The number of carbonyl (C=O) groups excluding carboxylic acids is 4. The molecule has 0 aliphatic carbocycles. The number of benzene rings is 2. The van der Waals surface area contributed by atoms with Crippen molar-refractivity contribution in [1.82, 2.24) is 20.4 Å². The molecule has 0 spiro atoms. The summed E-state index contributed by atoms with van der Waals surface area (Å²) in [5.41, 5.74) is -0.849. The third-order valence-electron chi connectivity index (χ3n) is 9.82. The predicted molar refractivity (Wildman–Crippen MR) is 195 cm³/mol. The Morgan fingerprint density at radius 1 is 0.540 bits per heavy atom. The van der Waals surface area contributed by atoms with Crippen LogP contribution in [0.4, 0.5) is 9.59 Å². The molecule has 2 atom stereocenters. The van der Waals surface area contributed by atoms with Crippen LogP contribution >= 0.6 is 0 Å². The van der Waals surface area contributed by atoms with Gasteiger partial charge in [0.1, 0.15) is 22.6 Å². The fourth-order valence-corrected chi connectivity index (χ4v) is 6.54. The van der Waals surface area contributed by atoms with Crippen LogP contribution in [0.1, 0.15) is 117 Å². The first-order chi connectivity index (χ1) is 23.8. The second-order valence-corrected chi connectivity index (χ2v) is 15.0. The molecule has 2 aliphatic rings. The van der Waals surface area contributed by atoms with Gasteiger partial charge in [0.05, 0.1) is 13.2 Å². The van der Waals surface area contributed by atoms with E-state index >= 15 is 0 Å². The Labute approximate surface area is 298 Å². The van der Waals surface area contributed by atoms with Crippen LogP contribution in [0.25, 0.3) is 0 Å². The summed E-state index contributed by atoms with van der Waals surface area (Å²) >= 11 is 0. The van der Waals surface area contributed by atoms with Gasteiger partial charge in [-0.05, 0) is 99.6 Å². The number of rotatable bonds is 21. The molecule has 0 aromatic heterocycles. The number of imide groups is 2. The van der Waals surface area contributed by atoms with Crippen LogP contribution in [0.2, 0.25) is 0 Å². The largest absolute Gasteiger partial charge is 0.494 e. The monoisotopic (exact) mass is 690 g/mol. The van der Waals surface area contributed by atoms with E-state index in [9.17, 15) is 19.2 Å². The maximum absolute atomic E-state index is 13.4. The smallest absolute Gasteiger partial charge is 0.325 e. The number of hydrogen-bond acceptors (Lipinski definition) is 6. The molecular weight excluding hydrogens is 632 g/mol. The van der Waals surface area contributed by atoms with Crippen molar-refractivity contribution < 1.29 is 28.7 Å². The van der Waals surface area contributed by atoms with Crippen molar-refractivity contribution in [2.45, 2.75) is 117 Å². The summed E-state index contributed by atoms with van der Waals surface area (Å²) in [6, 6.07) is 14.0. The molecule has 2 N–H and O–H groups in total. The topological polar surface area (TPSA) is 117 Å². The van der Waals surface area contributed by atoms with E-state index in [0.717, 1.165) is 50.0 Å². The zero-order chi connectivity index (χ0) is 36.3. The Balaban J connectivity index is 1.17. The van der Waals surface area contributed by atoms with Crippen LogP contribution in [0.5, 0.6) is 11.5 Å². The van der Waals surface area contributed by atoms with Gasteiger partial charge in [-0.2, -0.15) is 0 Å². The molecule has 2 saturated heterocycles. The van der Waals surface area contributed by atoms with Gasteiger partial charge in [-0.3, -0.25) is 19.4 Å². The number of amides is 6. The van der Waals surface area contributed by atoms with Crippen LogP contribution in [0.3, 0.4) is 0 Å². The molecule has 0 bridgehead atoms. The van der Waals surface area contributed by atoms with Gasteiger partial charge in [0.25, 0.3) is 11.8 Å². The van der Waals surface area contributed by atoms with E-state index in [2.05, 4.69) is 38.3 Å². The molecule has 2 aromatic rings. The van der Waals surface area contributed by atoms with Crippen molar-refractivity contribution in [2.24, 2.45) is 11.8 Å². The highest BCUT2D eigenvalue weighted by molar-refractivity contribution is 6.08. The van der Waals surface area contributed by atoms with E-state index in [-0.39, 0.29) is 11.8 Å². The molecule has 0 radical (unpaired) electrons. The number of hydrogen-bond donors (Lipinski definition) is 2. The first-order valence-electron chi connectivity index (χ1n) is 18.6. The highest BCUT2D eigenvalue weighted by Gasteiger charge is 2.49. The van der Waals surface area contributed by atoms with Crippen molar-refractivity contribution in [3.8, 4) is 11.5 Å². The fraction of sp³-hybridized carbons (Fsp3) is 0.600. The number of ether oxygens (including phenoxy) is 2. The van der Waals surface area contributed by atoms with Gasteiger partial charge in [-0.1, -0.05) is 77.6 Å². The summed E-state index contributed by atoms with van der Waals surface area (Å²) in [4.78, 5) is 55.0. The van der Waals surface area contributed by atoms with Crippen molar-refractivity contribution in [1.29, 1.82) is 0 Å². The lowest BCUT2D eigenvalue weighted by atomic mass is 9.92. The van der Waals surface area contributed by atoms with Crippen LogP contribution in [-0.2, 0) is 20.7 Å². The number of nitrogens with one attached hydrogen (secondary N) is 2. The Hall–Kier alpha value is -4.08. The second-order valence-electron chi connectivity index (χ2n) is 15.0. The Morgan fingerprint density at radius 3 is 1.24 bits per heavy atom. The van der Waals surface area contributed by atoms with E-state index in [1.54, 1.807) is 13.8 Å². The molecule has 10 heteroatoms. The minimum Gasteiger partial charge on any atom is -0.494 e. The molecule has 274 valence electrons. The lowest BCUT2D eigenvalue weighted by Crippen LogP contribution is -2.41. The Morgan fingerprint density at radius 2 is 0.900 bits per heavy atom. The van der Waals surface area contributed by atoms with E-state index in [1.165, 1.54) is 22.6 Å². The molecule has 6 amide bonds. The summed E-state index contributed by atoms with van der Waals surface area (Å²) in [7, 11) is 0. The normalized spacial score (nSPS) is 20.6. The van der Waals surface area contributed by atoms with Crippen LogP contribution < -0.4 is 20.1 Å². The van der Waals surface area contributed by atoms with E-state index < -0.39 is 23.1 Å². The molecule has 0 saturated carbocycles. The van der Waals surface area contributed by atoms with Crippen molar-refractivity contribution in [2.75, 3.05) is 26.3 Å². The highest BCUT2D eigenvalue weighted by Crippen LogP contribution is 2.32. The van der Waals surface area contributed by atoms with Crippen LogP contribution in [0.15, 0.2) is 48.5 Å². The quantitative estimate of drug-likeness (QED) is 0.102. The summed E-state index contributed by atoms with van der Waals surface area (Å²) in [5.74, 6) is 2.32. The van der Waals surface area contributed by atoms with Crippen LogP contribution in [-0.4, -0.2) is 60.0 Å². The first-order valence-corrected chi connectivity index (χ1v) is 18.6. The molecule has 10 nitrogen and oxygen atoms in total. The number of carbonyl (C=O) groups is 4. The summed E-state index contributed by atoms with van der Waals surface area (Å²) in [5, 5.41) is 5.75. The van der Waals surface area contributed by atoms with Gasteiger partial charge in [0.15, 0.2) is 0 Å². The van der Waals surface area contributed by atoms with Gasteiger partial charge in [0, 0.05) is 13.1 Å². The molecule has 50 heavy (non-hydrogen) atoms. The maximum Gasteiger partial charge on any atom is 0.325 e. The lowest BCUT2D eigenvalue weighted by Gasteiger charge is -2.23. The fourth-order valence-electron chi connectivity index (χ4n) is 6.54. The van der Waals surface area contributed by atoms with E-state index in [1.807, 2.05) is 48.5 Å². The first kappa shape index (κ1) is 38.7. The van der Waals surface area contributed by atoms with Gasteiger partial charge in [-0.25, -0.2) is 9.59 Å². The van der Waals surface area contributed by atoms with Crippen molar-refractivity contribution in [3.63, 3.8) is 0 Å². The second kappa shape index (κ2) is 17.7. The standard InChI is InChI=1S/C40H58N4O6/c1-29(2)15-9-13-27-49-33-21-17-31(18-22-33)39(5)35(45)43(37(47)41-39)25-11-7-8-12-26-44-36(46)40(6,42-38(44)48)32-19-23-34(24-20-32)50-28-14-10-16-30(3)4/h17-24,29-30H,7-16,25-28H2,1-6H3,(H,41,47)(H,42,48)/t39-,40+. The van der Waals surface area contributed by atoms with Crippen LogP contribution in [0, 0.1) is 11.8 Å². The van der Waals surface area contributed by atoms with Crippen molar-refractivity contribution >= 4 is 23.9 Å². The Kier molecular flexibility index (Phi) is 13.7. The number of urea groups is 2. The molecule has 2 aromatic carbocycles. The summed E-state index contributed by atoms with van der Waals surface area (Å²) in [6.45, 7) is 14.2. The molecule has 4 rings (SSSR count). The van der Waals surface area contributed by atoms with Gasteiger partial charge in [-0.15, -0.1) is 0 Å². The number of nitrogens with zero attached hydrogens (tertiary/aromatic N) is 2. The van der Waals surface area contributed by atoms with Gasteiger partial charge >= 0.3 is 12.1 Å². The van der Waals surface area contributed by atoms with Crippen molar-refractivity contribution in [3.05, 3.63) is 59.7 Å². The van der Waals surface area contributed by atoms with E-state index in [4.69, 9.17) is 9.47 Å². The third kappa shape index (κ3) is 9.79. The predicted octanol–water partition coefficient (Wildman–Crippen LogP) is 7.89. The van der Waals surface area contributed by atoms with Gasteiger partial charge in [0.2, 0.25) is 0 Å². The highest BCUT2D eigenvalue weighted by atomic mass is 16.5. The minimum absolute atomic E-state index is 0.273. The zero-order valence-corrected chi connectivity index (χ0v) is 31.0. The number of unbranched alkanes of at least 4 members (excludes halogenated alkanes) is 5. The average molecular weight is 691 g/mol.